The predicted molar refractivity (Wildman–Crippen MR) is 123 cm³/mol. The van der Waals surface area contributed by atoms with Crippen LogP contribution >= 0.6 is 0 Å². The van der Waals surface area contributed by atoms with Crippen LogP contribution in [-0.2, 0) is 10.9 Å². The van der Waals surface area contributed by atoms with Crippen LogP contribution in [0, 0.1) is 11.8 Å². The molecular weight excluding hydrogens is 443 g/mol. The van der Waals surface area contributed by atoms with Crippen LogP contribution in [-0.4, -0.2) is 26.4 Å². The summed E-state index contributed by atoms with van der Waals surface area (Å²) in [7, 11) is 1.29. The van der Waals surface area contributed by atoms with Gasteiger partial charge in [0.1, 0.15) is 12.4 Å². The minimum atomic E-state index is -4.45. The third-order valence-corrected chi connectivity index (χ3v) is 5.61. The van der Waals surface area contributed by atoms with Crippen LogP contribution in [0.3, 0.4) is 0 Å². The molecule has 3 aromatic carbocycles. The maximum absolute atomic E-state index is 12.8. The van der Waals surface area contributed by atoms with E-state index >= 15 is 0 Å². The lowest BCUT2D eigenvalue weighted by atomic mass is 9.98. The van der Waals surface area contributed by atoms with Gasteiger partial charge in [0.25, 0.3) is 0 Å². The second kappa shape index (κ2) is 9.92. The van der Waals surface area contributed by atoms with Crippen LogP contribution in [0.1, 0.15) is 34.6 Å². The number of alkyl carbamates (subject to hydrolysis) is 1. The van der Waals surface area contributed by atoms with E-state index in [1.807, 2.05) is 36.4 Å². The van der Waals surface area contributed by atoms with Gasteiger partial charge in [0.2, 0.25) is 0 Å². The Morgan fingerprint density at radius 3 is 2.26 bits per heavy atom. The zero-order chi connectivity index (χ0) is 24.1. The van der Waals surface area contributed by atoms with Gasteiger partial charge >= 0.3 is 12.3 Å². The average Bonchev–Trinajstić information content (AvgIpc) is 3.15. The van der Waals surface area contributed by atoms with Gasteiger partial charge in [-0.3, -0.25) is 0 Å². The number of methoxy groups -OCH3 is 1. The van der Waals surface area contributed by atoms with Gasteiger partial charge in [-0.2, -0.15) is 13.2 Å². The summed E-state index contributed by atoms with van der Waals surface area (Å²) in [4.78, 5) is 12.2. The molecule has 34 heavy (non-hydrogen) atoms. The fraction of sp³-hybridized carbons (Fsp3) is 0.222. The molecule has 1 aliphatic carbocycles. The van der Waals surface area contributed by atoms with Crippen molar-refractivity contribution >= 4 is 6.09 Å². The van der Waals surface area contributed by atoms with Crippen molar-refractivity contribution in [2.24, 2.45) is 0 Å². The molecule has 1 N–H and O–H groups in total. The number of nitrogens with one attached hydrogen (secondary N) is 1. The van der Waals surface area contributed by atoms with Gasteiger partial charge in [-0.15, -0.1) is 0 Å². The second-order valence-corrected chi connectivity index (χ2v) is 7.72. The fourth-order valence-corrected chi connectivity index (χ4v) is 4.01. The first-order valence-electron chi connectivity index (χ1n) is 10.7. The van der Waals surface area contributed by atoms with Gasteiger partial charge < -0.3 is 14.8 Å². The van der Waals surface area contributed by atoms with Gasteiger partial charge in [0, 0.05) is 18.9 Å². The van der Waals surface area contributed by atoms with Gasteiger partial charge in [-0.1, -0.05) is 60.4 Å². The molecule has 0 bridgehead atoms. The van der Waals surface area contributed by atoms with E-state index in [2.05, 4.69) is 29.3 Å². The number of rotatable bonds is 5. The highest BCUT2D eigenvalue weighted by atomic mass is 19.4. The average molecular weight is 465 g/mol. The maximum atomic E-state index is 12.8. The number of carbonyl (C=O) groups is 1. The van der Waals surface area contributed by atoms with E-state index in [-0.39, 0.29) is 24.8 Å². The first kappa shape index (κ1) is 23.2. The summed E-state index contributed by atoms with van der Waals surface area (Å²) in [6, 6.07) is 19.3. The van der Waals surface area contributed by atoms with Crippen LogP contribution in [0.4, 0.5) is 18.0 Å². The number of amides is 1. The minimum absolute atomic E-state index is 0.0231. The largest absolute Gasteiger partial charge is 0.495 e. The third-order valence-electron chi connectivity index (χ3n) is 5.61. The van der Waals surface area contributed by atoms with E-state index in [9.17, 15) is 18.0 Å². The summed E-state index contributed by atoms with van der Waals surface area (Å²) in [5, 5.41) is 2.65. The molecule has 0 atom stereocenters. The number of hydrogen-bond donors (Lipinski definition) is 1. The van der Waals surface area contributed by atoms with Crippen molar-refractivity contribution < 1.29 is 27.4 Å². The number of ether oxygens (including phenoxy) is 2. The van der Waals surface area contributed by atoms with Crippen molar-refractivity contribution in [1.82, 2.24) is 5.32 Å². The molecule has 7 heteroatoms. The predicted octanol–water partition coefficient (Wildman–Crippen LogP) is 5.99. The standard InChI is InChI=1S/C27H22F3NO3/c1-33-25-16-19(27(28,29)30)14-13-18(25)8-6-7-15-31-26(32)34-17-24-22-11-4-2-9-20(22)21-10-3-5-12-23(21)24/h2-5,9-14,16,24H,7,15,17H2,1H3,(H,31,32). The van der Waals surface area contributed by atoms with E-state index < -0.39 is 17.8 Å². The quantitative estimate of drug-likeness (QED) is 0.372. The van der Waals surface area contributed by atoms with Crippen molar-refractivity contribution in [3.8, 4) is 28.7 Å². The van der Waals surface area contributed by atoms with E-state index in [4.69, 9.17) is 9.47 Å². The first-order valence-corrected chi connectivity index (χ1v) is 10.7. The molecule has 0 fully saturated rings. The Bertz CT molecular complexity index is 1210. The summed E-state index contributed by atoms with van der Waals surface area (Å²) in [5.74, 6) is 5.64. The van der Waals surface area contributed by atoms with Crippen LogP contribution in [0.15, 0.2) is 66.7 Å². The van der Waals surface area contributed by atoms with Crippen LogP contribution in [0.5, 0.6) is 5.75 Å². The summed E-state index contributed by atoms with van der Waals surface area (Å²) < 4.78 is 49.0. The van der Waals surface area contributed by atoms with Gasteiger partial charge in [0.05, 0.1) is 18.2 Å². The zero-order valence-corrected chi connectivity index (χ0v) is 18.4. The second-order valence-electron chi connectivity index (χ2n) is 7.72. The van der Waals surface area contributed by atoms with E-state index in [0.717, 1.165) is 34.4 Å². The smallest absolute Gasteiger partial charge is 0.416 e. The SMILES string of the molecule is COc1cc(C(F)(F)F)ccc1C#CCCNC(=O)OCC1c2ccccc2-c2ccccc21. The molecule has 0 unspecified atom stereocenters. The molecule has 174 valence electrons. The molecule has 0 heterocycles. The van der Waals surface area contributed by atoms with Crippen LogP contribution in [0.25, 0.3) is 11.1 Å². The molecule has 1 amide bonds. The number of fused-ring (bicyclic) bond motifs is 3. The highest BCUT2D eigenvalue weighted by molar-refractivity contribution is 5.79. The van der Waals surface area contributed by atoms with Crippen LogP contribution in [0.2, 0.25) is 0 Å². The maximum Gasteiger partial charge on any atom is 0.416 e. The molecule has 4 nitrogen and oxygen atoms in total. The van der Waals surface area contributed by atoms with Crippen molar-refractivity contribution in [1.29, 1.82) is 0 Å². The molecule has 3 aromatic rings. The summed E-state index contributed by atoms with van der Waals surface area (Å²) in [5.41, 5.74) is 4.12. The Morgan fingerprint density at radius 2 is 1.65 bits per heavy atom. The van der Waals surface area contributed by atoms with Crippen LogP contribution < -0.4 is 10.1 Å². The molecule has 0 saturated carbocycles. The highest BCUT2D eigenvalue weighted by Gasteiger charge is 2.31. The summed E-state index contributed by atoms with van der Waals surface area (Å²) >= 11 is 0. The molecule has 0 radical (unpaired) electrons. The molecule has 1 aliphatic rings. The number of alkyl halides is 3. The van der Waals surface area contributed by atoms with Crippen molar-refractivity contribution in [3.63, 3.8) is 0 Å². The van der Waals surface area contributed by atoms with Crippen molar-refractivity contribution in [2.45, 2.75) is 18.5 Å². The van der Waals surface area contributed by atoms with Gasteiger partial charge in [-0.25, -0.2) is 4.79 Å². The molecule has 0 aliphatic heterocycles. The molecule has 4 rings (SSSR count). The lowest BCUT2D eigenvalue weighted by Gasteiger charge is -2.14. The van der Waals surface area contributed by atoms with Gasteiger partial charge in [0.15, 0.2) is 0 Å². The zero-order valence-electron chi connectivity index (χ0n) is 18.4. The lowest BCUT2D eigenvalue weighted by molar-refractivity contribution is -0.137. The minimum Gasteiger partial charge on any atom is -0.495 e. The number of carbonyl (C=O) groups excluding carboxylic acids is 1. The Labute approximate surface area is 195 Å². The Morgan fingerprint density at radius 1 is 1.00 bits per heavy atom. The van der Waals surface area contributed by atoms with E-state index in [0.29, 0.717) is 12.0 Å². The first-order chi connectivity index (χ1) is 16.4. The molecule has 0 saturated heterocycles. The van der Waals surface area contributed by atoms with Crippen molar-refractivity contribution in [3.05, 3.63) is 89.0 Å². The Kier molecular flexibility index (Phi) is 6.78. The monoisotopic (exact) mass is 465 g/mol. The highest BCUT2D eigenvalue weighted by Crippen LogP contribution is 2.44. The number of benzene rings is 3. The summed E-state index contributed by atoms with van der Waals surface area (Å²) in [6.45, 7) is 0.459. The normalized spacial score (nSPS) is 12.2. The topological polar surface area (TPSA) is 47.6 Å². The Balaban J connectivity index is 1.29. The molecular formula is C27H22F3NO3. The van der Waals surface area contributed by atoms with E-state index in [1.54, 1.807) is 0 Å². The number of hydrogen-bond acceptors (Lipinski definition) is 3. The number of halogens is 3. The molecule has 0 spiro atoms. The fourth-order valence-electron chi connectivity index (χ4n) is 4.01. The third kappa shape index (κ3) is 5.01. The summed E-state index contributed by atoms with van der Waals surface area (Å²) in [6.07, 6.45) is -4.70. The lowest BCUT2D eigenvalue weighted by Crippen LogP contribution is -2.26. The van der Waals surface area contributed by atoms with E-state index in [1.165, 1.54) is 13.2 Å². The van der Waals surface area contributed by atoms with Gasteiger partial charge in [-0.05, 0) is 40.5 Å². The van der Waals surface area contributed by atoms with Crippen molar-refractivity contribution in [2.75, 3.05) is 20.3 Å². The molecule has 0 aromatic heterocycles. The Hall–Kier alpha value is -3.92.